The third-order valence-corrected chi connectivity index (χ3v) is 4.91. The SMILES string of the molecule is CC(=O)Nc1ccc(C(=O)NCC2(O)CCC(C)CC2)s1. The lowest BCUT2D eigenvalue weighted by molar-refractivity contribution is -0.114. The molecule has 1 fully saturated rings. The summed E-state index contributed by atoms with van der Waals surface area (Å²) in [5.41, 5.74) is -0.778. The van der Waals surface area contributed by atoms with E-state index < -0.39 is 5.60 Å². The van der Waals surface area contributed by atoms with Crippen molar-refractivity contribution >= 4 is 28.2 Å². The minimum absolute atomic E-state index is 0.158. The number of carbonyl (C=O) groups excluding carboxylic acids is 2. The van der Waals surface area contributed by atoms with Crippen LogP contribution in [-0.4, -0.2) is 29.1 Å². The summed E-state index contributed by atoms with van der Waals surface area (Å²) in [4.78, 5) is 23.6. The van der Waals surface area contributed by atoms with Crippen LogP contribution in [0.25, 0.3) is 0 Å². The van der Waals surface area contributed by atoms with Crippen molar-refractivity contribution in [3.63, 3.8) is 0 Å². The maximum atomic E-state index is 12.1. The average molecular weight is 310 g/mol. The van der Waals surface area contributed by atoms with Crippen molar-refractivity contribution in [2.24, 2.45) is 5.92 Å². The molecule has 1 aromatic rings. The van der Waals surface area contributed by atoms with Crippen molar-refractivity contribution in [3.05, 3.63) is 17.0 Å². The number of hydrogen-bond donors (Lipinski definition) is 3. The molecule has 21 heavy (non-hydrogen) atoms. The normalized spacial score (nSPS) is 25.4. The van der Waals surface area contributed by atoms with E-state index in [9.17, 15) is 14.7 Å². The number of anilines is 1. The van der Waals surface area contributed by atoms with E-state index in [-0.39, 0.29) is 18.4 Å². The van der Waals surface area contributed by atoms with Crippen molar-refractivity contribution in [3.8, 4) is 0 Å². The minimum Gasteiger partial charge on any atom is -0.388 e. The molecule has 2 amide bonds. The summed E-state index contributed by atoms with van der Waals surface area (Å²) in [6.45, 7) is 3.90. The summed E-state index contributed by atoms with van der Waals surface area (Å²) >= 11 is 1.23. The predicted molar refractivity (Wildman–Crippen MR) is 83.5 cm³/mol. The first kappa shape index (κ1) is 16.0. The number of amides is 2. The van der Waals surface area contributed by atoms with Gasteiger partial charge in [0.25, 0.3) is 5.91 Å². The zero-order valence-electron chi connectivity index (χ0n) is 12.4. The zero-order chi connectivity index (χ0) is 15.5. The standard InChI is InChI=1S/C15H22N2O3S/c1-10-5-7-15(20,8-6-10)9-16-14(19)12-3-4-13(21-12)17-11(2)18/h3-4,10,20H,5-9H2,1-2H3,(H,16,19)(H,17,18). The van der Waals surface area contributed by atoms with Gasteiger partial charge in [0.2, 0.25) is 5.91 Å². The summed E-state index contributed by atoms with van der Waals surface area (Å²) in [7, 11) is 0. The molecule has 1 aromatic heterocycles. The van der Waals surface area contributed by atoms with Gasteiger partial charge in [-0.1, -0.05) is 6.92 Å². The van der Waals surface area contributed by atoms with Crippen LogP contribution in [-0.2, 0) is 4.79 Å². The van der Waals surface area contributed by atoms with Crippen LogP contribution in [0, 0.1) is 5.92 Å². The van der Waals surface area contributed by atoms with Gasteiger partial charge >= 0.3 is 0 Å². The van der Waals surface area contributed by atoms with Gasteiger partial charge in [0.1, 0.15) is 0 Å². The Bertz CT molecular complexity index is 519. The number of nitrogens with one attached hydrogen (secondary N) is 2. The molecule has 1 heterocycles. The topological polar surface area (TPSA) is 78.4 Å². The molecule has 3 N–H and O–H groups in total. The van der Waals surface area contributed by atoms with Gasteiger partial charge in [-0.25, -0.2) is 0 Å². The monoisotopic (exact) mass is 310 g/mol. The number of aliphatic hydroxyl groups is 1. The Morgan fingerprint density at radius 1 is 1.38 bits per heavy atom. The summed E-state index contributed by atoms with van der Waals surface area (Å²) < 4.78 is 0. The highest BCUT2D eigenvalue weighted by Gasteiger charge is 2.32. The first-order chi connectivity index (χ1) is 9.88. The van der Waals surface area contributed by atoms with Gasteiger partial charge in [-0.3, -0.25) is 9.59 Å². The van der Waals surface area contributed by atoms with E-state index in [0.29, 0.717) is 15.8 Å². The minimum atomic E-state index is -0.778. The molecular weight excluding hydrogens is 288 g/mol. The summed E-state index contributed by atoms with van der Waals surface area (Å²) in [5, 5.41) is 16.5. The summed E-state index contributed by atoms with van der Waals surface area (Å²) in [5.74, 6) is 0.288. The van der Waals surface area contributed by atoms with E-state index >= 15 is 0 Å². The largest absolute Gasteiger partial charge is 0.388 e. The quantitative estimate of drug-likeness (QED) is 0.799. The van der Waals surface area contributed by atoms with Gasteiger partial charge in [-0.15, -0.1) is 11.3 Å². The molecule has 0 unspecified atom stereocenters. The molecule has 116 valence electrons. The fourth-order valence-electron chi connectivity index (χ4n) is 2.51. The molecule has 0 spiro atoms. The van der Waals surface area contributed by atoms with E-state index in [1.54, 1.807) is 12.1 Å². The molecule has 0 saturated heterocycles. The van der Waals surface area contributed by atoms with Crippen LogP contribution in [0.15, 0.2) is 12.1 Å². The molecule has 1 saturated carbocycles. The van der Waals surface area contributed by atoms with Gasteiger partial charge in [0.15, 0.2) is 0 Å². The smallest absolute Gasteiger partial charge is 0.261 e. The first-order valence-corrected chi connectivity index (χ1v) is 8.08. The molecule has 0 bridgehead atoms. The molecule has 5 nitrogen and oxygen atoms in total. The lowest BCUT2D eigenvalue weighted by Gasteiger charge is -2.34. The van der Waals surface area contributed by atoms with Crippen molar-refractivity contribution in [2.75, 3.05) is 11.9 Å². The van der Waals surface area contributed by atoms with E-state index in [2.05, 4.69) is 17.6 Å². The van der Waals surface area contributed by atoms with Crippen molar-refractivity contribution < 1.29 is 14.7 Å². The lowest BCUT2D eigenvalue weighted by Crippen LogP contribution is -2.45. The average Bonchev–Trinajstić information content (AvgIpc) is 2.88. The number of carbonyl (C=O) groups is 2. The third kappa shape index (κ3) is 4.54. The van der Waals surface area contributed by atoms with Crippen molar-refractivity contribution in [2.45, 2.75) is 45.1 Å². The lowest BCUT2D eigenvalue weighted by atomic mass is 9.79. The maximum Gasteiger partial charge on any atom is 0.261 e. The Kier molecular flexibility index (Phi) is 5.00. The predicted octanol–water partition coefficient (Wildman–Crippen LogP) is 2.38. The molecule has 0 atom stereocenters. The zero-order valence-corrected chi connectivity index (χ0v) is 13.3. The van der Waals surface area contributed by atoms with Gasteiger partial charge in [-0.05, 0) is 43.7 Å². The highest BCUT2D eigenvalue weighted by Crippen LogP contribution is 2.31. The summed E-state index contributed by atoms with van der Waals surface area (Å²) in [6.07, 6.45) is 3.46. The molecule has 2 rings (SSSR count). The maximum absolute atomic E-state index is 12.1. The van der Waals surface area contributed by atoms with Crippen LogP contribution >= 0.6 is 11.3 Å². The van der Waals surface area contributed by atoms with Crippen LogP contribution in [0.3, 0.4) is 0 Å². The van der Waals surface area contributed by atoms with E-state index in [4.69, 9.17) is 0 Å². The summed E-state index contributed by atoms with van der Waals surface area (Å²) in [6, 6.07) is 3.39. The van der Waals surface area contributed by atoms with Crippen molar-refractivity contribution in [1.29, 1.82) is 0 Å². The fourth-order valence-corrected chi connectivity index (χ4v) is 3.38. The number of rotatable bonds is 4. The van der Waals surface area contributed by atoms with Gasteiger partial charge in [0, 0.05) is 13.5 Å². The van der Waals surface area contributed by atoms with E-state index in [1.807, 2.05) is 0 Å². The Hall–Kier alpha value is -1.40. The molecule has 0 aromatic carbocycles. The second-order valence-electron chi connectivity index (χ2n) is 5.93. The number of thiophene rings is 1. The van der Waals surface area contributed by atoms with Crippen molar-refractivity contribution in [1.82, 2.24) is 5.32 Å². The van der Waals surface area contributed by atoms with E-state index in [1.165, 1.54) is 18.3 Å². The van der Waals surface area contributed by atoms with Gasteiger partial charge < -0.3 is 15.7 Å². The second kappa shape index (κ2) is 6.58. The Balaban J connectivity index is 1.87. The highest BCUT2D eigenvalue weighted by molar-refractivity contribution is 7.18. The Morgan fingerprint density at radius 2 is 2.05 bits per heavy atom. The fraction of sp³-hybridized carbons (Fsp3) is 0.600. The molecule has 0 radical (unpaired) electrons. The molecule has 1 aliphatic carbocycles. The Labute approximate surface area is 128 Å². The Morgan fingerprint density at radius 3 is 2.67 bits per heavy atom. The molecule has 6 heteroatoms. The van der Waals surface area contributed by atoms with Crippen LogP contribution in [0.1, 0.15) is 49.2 Å². The van der Waals surface area contributed by atoms with Gasteiger partial charge in [0.05, 0.1) is 15.5 Å². The first-order valence-electron chi connectivity index (χ1n) is 7.26. The van der Waals surface area contributed by atoms with Crippen LogP contribution in [0.4, 0.5) is 5.00 Å². The molecule has 0 aliphatic heterocycles. The third-order valence-electron chi connectivity index (χ3n) is 3.91. The van der Waals surface area contributed by atoms with Crippen LogP contribution in [0.5, 0.6) is 0 Å². The second-order valence-corrected chi connectivity index (χ2v) is 7.02. The van der Waals surface area contributed by atoms with Crippen LogP contribution in [0.2, 0.25) is 0 Å². The van der Waals surface area contributed by atoms with E-state index in [0.717, 1.165) is 25.7 Å². The molecular formula is C15H22N2O3S. The highest BCUT2D eigenvalue weighted by atomic mass is 32.1. The van der Waals surface area contributed by atoms with Gasteiger partial charge in [-0.2, -0.15) is 0 Å². The molecule has 1 aliphatic rings. The number of hydrogen-bond acceptors (Lipinski definition) is 4. The van der Waals surface area contributed by atoms with Crippen LogP contribution < -0.4 is 10.6 Å².